The zero-order valence-electron chi connectivity index (χ0n) is 10.7. The van der Waals surface area contributed by atoms with Crippen molar-refractivity contribution in [1.82, 2.24) is 4.98 Å². The van der Waals surface area contributed by atoms with Crippen molar-refractivity contribution < 1.29 is 9.53 Å². The summed E-state index contributed by atoms with van der Waals surface area (Å²) in [7, 11) is 0. The quantitative estimate of drug-likeness (QED) is 0.790. The molecule has 0 unspecified atom stereocenters. The van der Waals surface area contributed by atoms with Gasteiger partial charge in [-0.3, -0.25) is 4.79 Å². The van der Waals surface area contributed by atoms with Gasteiger partial charge < -0.3 is 4.74 Å². The first kappa shape index (κ1) is 12.8. The summed E-state index contributed by atoms with van der Waals surface area (Å²) >= 11 is 1.45. The minimum absolute atomic E-state index is 0.00997. The highest BCUT2D eigenvalue weighted by Crippen LogP contribution is 2.22. The minimum atomic E-state index is -0.00997. The Bertz CT molecular complexity index is 575. The standard InChI is InChI=1S/C14H15NO2S/c1-9-5-4-6-13(10(9)2)17-7-14-15-12(8-18-14)11(3)16/h4-6,8H,7H2,1-3H3. The summed E-state index contributed by atoms with van der Waals surface area (Å²) in [6, 6.07) is 5.97. The van der Waals surface area contributed by atoms with Gasteiger partial charge in [0.15, 0.2) is 5.78 Å². The van der Waals surface area contributed by atoms with Gasteiger partial charge in [-0.05, 0) is 31.0 Å². The zero-order chi connectivity index (χ0) is 13.1. The van der Waals surface area contributed by atoms with Gasteiger partial charge in [0, 0.05) is 12.3 Å². The van der Waals surface area contributed by atoms with E-state index in [-0.39, 0.29) is 5.78 Å². The maximum atomic E-state index is 11.1. The molecule has 0 bridgehead atoms. The molecule has 4 heteroatoms. The van der Waals surface area contributed by atoms with Crippen LogP contribution >= 0.6 is 11.3 Å². The van der Waals surface area contributed by atoms with E-state index < -0.39 is 0 Å². The van der Waals surface area contributed by atoms with E-state index >= 15 is 0 Å². The van der Waals surface area contributed by atoms with Crippen molar-refractivity contribution in [3.63, 3.8) is 0 Å². The molecule has 0 aliphatic heterocycles. The van der Waals surface area contributed by atoms with E-state index in [0.29, 0.717) is 12.3 Å². The molecule has 1 heterocycles. The lowest BCUT2D eigenvalue weighted by molar-refractivity contribution is 0.101. The molecule has 0 amide bonds. The predicted octanol–water partition coefficient (Wildman–Crippen LogP) is 3.54. The molecule has 0 aliphatic carbocycles. The number of aromatic nitrogens is 1. The van der Waals surface area contributed by atoms with Crippen molar-refractivity contribution in [3.05, 3.63) is 45.4 Å². The van der Waals surface area contributed by atoms with Gasteiger partial charge in [-0.25, -0.2) is 4.98 Å². The fourth-order valence-electron chi connectivity index (χ4n) is 1.56. The summed E-state index contributed by atoms with van der Waals surface area (Å²) in [5.74, 6) is 0.860. The Labute approximate surface area is 110 Å². The van der Waals surface area contributed by atoms with Crippen molar-refractivity contribution >= 4 is 17.1 Å². The van der Waals surface area contributed by atoms with E-state index in [4.69, 9.17) is 4.74 Å². The average molecular weight is 261 g/mol. The maximum Gasteiger partial charge on any atom is 0.178 e. The molecule has 0 N–H and O–H groups in total. The molecule has 0 saturated carbocycles. The molecule has 2 aromatic rings. The van der Waals surface area contributed by atoms with Crippen LogP contribution in [0.15, 0.2) is 23.6 Å². The molecule has 0 saturated heterocycles. The van der Waals surface area contributed by atoms with Crippen molar-refractivity contribution in [2.75, 3.05) is 0 Å². The number of aryl methyl sites for hydroxylation is 1. The second kappa shape index (κ2) is 5.31. The third-order valence-electron chi connectivity index (χ3n) is 2.82. The number of ether oxygens (including phenoxy) is 1. The van der Waals surface area contributed by atoms with Crippen LogP contribution in [0.3, 0.4) is 0 Å². The number of ketones is 1. The van der Waals surface area contributed by atoms with Crippen molar-refractivity contribution in [3.8, 4) is 5.75 Å². The number of nitrogens with zero attached hydrogens (tertiary/aromatic N) is 1. The Morgan fingerprint density at radius 1 is 1.39 bits per heavy atom. The summed E-state index contributed by atoms with van der Waals surface area (Å²) in [5, 5.41) is 2.59. The third-order valence-corrected chi connectivity index (χ3v) is 3.64. The maximum absolute atomic E-state index is 11.1. The molecule has 0 aliphatic rings. The smallest absolute Gasteiger partial charge is 0.178 e. The number of rotatable bonds is 4. The Kier molecular flexibility index (Phi) is 3.77. The minimum Gasteiger partial charge on any atom is -0.486 e. The topological polar surface area (TPSA) is 39.2 Å². The second-order valence-corrected chi connectivity index (χ2v) is 5.11. The van der Waals surface area contributed by atoms with Gasteiger partial charge in [0.1, 0.15) is 23.1 Å². The SMILES string of the molecule is CC(=O)c1csc(COc2cccc(C)c2C)n1. The van der Waals surface area contributed by atoms with Crippen LogP contribution in [0.5, 0.6) is 5.75 Å². The van der Waals surface area contributed by atoms with Gasteiger partial charge in [0.2, 0.25) is 0 Å². The number of thiazole rings is 1. The van der Waals surface area contributed by atoms with Crippen molar-refractivity contribution in [2.24, 2.45) is 0 Å². The zero-order valence-corrected chi connectivity index (χ0v) is 11.5. The van der Waals surface area contributed by atoms with Gasteiger partial charge in [0.05, 0.1) is 0 Å². The van der Waals surface area contributed by atoms with Crippen molar-refractivity contribution in [2.45, 2.75) is 27.4 Å². The van der Waals surface area contributed by atoms with Crippen LogP contribution in [0, 0.1) is 13.8 Å². The number of benzene rings is 1. The summed E-state index contributed by atoms with van der Waals surface area (Å²) < 4.78 is 5.73. The lowest BCUT2D eigenvalue weighted by atomic mass is 10.1. The highest BCUT2D eigenvalue weighted by Gasteiger charge is 2.07. The Balaban J connectivity index is 2.07. The number of Topliss-reactive ketones (excluding diaryl/α,β-unsaturated/α-hetero) is 1. The second-order valence-electron chi connectivity index (χ2n) is 4.17. The van der Waals surface area contributed by atoms with Gasteiger partial charge >= 0.3 is 0 Å². The van der Waals surface area contributed by atoms with E-state index in [0.717, 1.165) is 16.3 Å². The molecule has 2 rings (SSSR count). The largest absolute Gasteiger partial charge is 0.486 e. The molecule has 3 nitrogen and oxygen atoms in total. The summed E-state index contributed by atoms with van der Waals surface area (Å²) in [5.41, 5.74) is 2.86. The van der Waals surface area contributed by atoms with E-state index in [2.05, 4.69) is 18.0 Å². The first-order valence-corrected chi connectivity index (χ1v) is 6.60. The van der Waals surface area contributed by atoms with Crippen LogP contribution in [0.2, 0.25) is 0 Å². The van der Waals surface area contributed by atoms with Crippen LogP contribution in [0.25, 0.3) is 0 Å². The molecular weight excluding hydrogens is 246 g/mol. The molecule has 0 radical (unpaired) electrons. The summed E-state index contributed by atoms with van der Waals surface area (Å²) in [4.78, 5) is 15.4. The first-order valence-electron chi connectivity index (χ1n) is 5.72. The van der Waals surface area contributed by atoms with Crippen LogP contribution in [-0.2, 0) is 6.61 Å². The lowest BCUT2D eigenvalue weighted by Gasteiger charge is -2.09. The third kappa shape index (κ3) is 2.76. The molecule has 1 aromatic carbocycles. The molecule has 0 spiro atoms. The Morgan fingerprint density at radius 2 is 2.17 bits per heavy atom. The summed E-state index contributed by atoms with van der Waals surface area (Å²) in [6.45, 7) is 6.01. The highest BCUT2D eigenvalue weighted by atomic mass is 32.1. The average Bonchev–Trinajstić information content (AvgIpc) is 2.80. The van der Waals surface area contributed by atoms with Crippen LogP contribution in [0.1, 0.15) is 33.5 Å². The number of hydrogen-bond donors (Lipinski definition) is 0. The molecule has 94 valence electrons. The molecule has 1 aromatic heterocycles. The van der Waals surface area contributed by atoms with Crippen LogP contribution in [0.4, 0.5) is 0 Å². The summed E-state index contributed by atoms with van der Waals surface area (Å²) in [6.07, 6.45) is 0. The molecule has 18 heavy (non-hydrogen) atoms. The molecular formula is C14H15NO2S. The fourth-order valence-corrected chi connectivity index (χ4v) is 2.30. The van der Waals surface area contributed by atoms with E-state index in [1.165, 1.54) is 23.8 Å². The number of carbonyl (C=O) groups is 1. The molecule has 0 atom stereocenters. The van der Waals surface area contributed by atoms with E-state index in [1.54, 1.807) is 5.38 Å². The van der Waals surface area contributed by atoms with Crippen LogP contribution < -0.4 is 4.74 Å². The van der Waals surface area contributed by atoms with Gasteiger partial charge in [-0.1, -0.05) is 12.1 Å². The molecule has 0 fully saturated rings. The first-order chi connectivity index (χ1) is 8.58. The van der Waals surface area contributed by atoms with Crippen LogP contribution in [-0.4, -0.2) is 10.8 Å². The van der Waals surface area contributed by atoms with E-state index in [1.807, 2.05) is 19.1 Å². The predicted molar refractivity (Wildman–Crippen MR) is 72.4 cm³/mol. The number of hydrogen-bond acceptors (Lipinski definition) is 4. The van der Waals surface area contributed by atoms with Crippen molar-refractivity contribution in [1.29, 1.82) is 0 Å². The van der Waals surface area contributed by atoms with Gasteiger partial charge in [0.25, 0.3) is 0 Å². The fraction of sp³-hybridized carbons (Fsp3) is 0.286. The van der Waals surface area contributed by atoms with Gasteiger partial charge in [-0.2, -0.15) is 0 Å². The monoisotopic (exact) mass is 261 g/mol. The highest BCUT2D eigenvalue weighted by molar-refractivity contribution is 7.09. The number of carbonyl (C=O) groups excluding carboxylic acids is 1. The normalized spacial score (nSPS) is 10.4. The Hall–Kier alpha value is -1.68. The van der Waals surface area contributed by atoms with Gasteiger partial charge in [-0.15, -0.1) is 11.3 Å². The van der Waals surface area contributed by atoms with E-state index in [9.17, 15) is 4.79 Å². The Morgan fingerprint density at radius 3 is 2.83 bits per heavy atom. The lowest BCUT2D eigenvalue weighted by Crippen LogP contribution is -1.99.